The van der Waals surface area contributed by atoms with E-state index in [2.05, 4.69) is 26.0 Å². The van der Waals surface area contributed by atoms with Crippen molar-refractivity contribution in [2.45, 2.75) is 26.2 Å². The summed E-state index contributed by atoms with van der Waals surface area (Å²) in [6, 6.07) is 9.36. The van der Waals surface area contributed by atoms with Crippen molar-refractivity contribution in [3.63, 3.8) is 0 Å². The Hall–Kier alpha value is -3.07. The quantitative estimate of drug-likeness (QED) is 0.350. The first-order chi connectivity index (χ1) is 13.4. The lowest BCUT2D eigenvalue weighted by Crippen LogP contribution is -2.22. The molecule has 1 aromatic heterocycles. The van der Waals surface area contributed by atoms with Crippen molar-refractivity contribution in [2.24, 2.45) is 5.10 Å². The molecule has 144 valence electrons. The fourth-order valence-electron chi connectivity index (χ4n) is 2.73. The average molecular weight is 445 g/mol. The summed E-state index contributed by atoms with van der Waals surface area (Å²) in [5.41, 5.74) is -0.0672. The number of hydrogen-bond donors (Lipinski definition) is 1. The highest BCUT2D eigenvalue weighted by Crippen LogP contribution is 2.28. The number of halogens is 1. The number of unbranched alkanes of at least 4 members (excludes halogenated alkanes) is 1. The number of phenolic OH excluding ortho intramolecular Hbond substituents is 1. The summed E-state index contributed by atoms with van der Waals surface area (Å²) in [5, 5.41) is 25.7. The number of aromatic hydroxyl groups is 1. The lowest BCUT2D eigenvalue weighted by Gasteiger charge is -2.09. The maximum absolute atomic E-state index is 13.0. The van der Waals surface area contributed by atoms with Crippen molar-refractivity contribution >= 4 is 38.7 Å². The lowest BCUT2D eigenvalue weighted by atomic mass is 10.2. The Kier molecular flexibility index (Phi) is 5.84. The van der Waals surface area contributed by atoms with Crippen LogP contribution in [0.5, 0.6) is 5.75 Å². The minimum absolute atomic E-state index is 0.136. The second-order valence-corrected chi connectivity index (χ2v) is 7.04. The van der Waals surface area contributed by atoms with E-state index >= 15 is 0 Å². The van der Waals surface area contributed by atoms with Crippen molar-refractivity contribution in [3.05, 3.63) is 72.7 Å². The summed E-state index contributed by atoms with van der Waals surface area (Å²) in [6.45, 7) is 2.03. The van der Waals surface area contributed by atoms with Crippen molar-refractivity contribution in [1.29, 1.82) is 0 Å². The topological polar surface area (TPSA) is 111 Å². The van der Waals surface area contributed by atoms with Crippen LogP contribution in [-0.4, -0.2) is 25.9 Å². The Balaban J connectivity index is 2.15. The molecule has 0 saturated carbocycles. The first-order valence-corrected chi connectivity index (χ1v) is 9.43. The Bertz CT molecular complexity index is 1140. The molecule has 28 heavy (non-hydrogen) atoms. The molecule has 0 aliphatic carbocycles. The van der Waals surface area contributed by atoms with Crippen molar-refractivity contribution in [3.8, 4) is 5.75 Å². The molecule has 0 aliphatic rings. The molecule has 0 fully saturated rings. The minimum atomic E-state index is -0.680. The van der Waals surface area contributed by atoms with Crippen molar-refractivity contribution < 1.29 is 10.0 Å². The van der Waals surface area contributed by atoms with E-state index < -0.39 is 16.4 Å². The van der Waals surface area contributed by atoms with E-state index in [9.17, 15) is 20.0 Å². The maximum Gasteiger partial charge on any atom is 0.311 e. The molecule has 3 rings (SSSR count). The minimum Gasteiger partial charge on any atom is -0.502 e. The van der Waals surface area contributed by atoms with Gasteiger partial charge in [-0.15, -0.1) is 0 Å². The maximum atomic E-state index is 13.0. The van der Waals surface area contributed by atoms with Gasteiger partial charge >= 0.3 is 5.69 Å². The number of aromatic nitrogens is 2. The molecule has 0 bridgehead atoms. The van der Waals surface area contributed by atoms with Crippen LogP contribution in [0.15, 0.2) is 50.8 Å². The van der Waals surface area contributed by atoms with E-state index in [1.165, 1.54) is 29.1 Å². The number of hydrogen-bond acceptors (Lipinski definition) is 6. The monoisotopic (exact) mass is 444 g/mol. The van der Waals surface area contributed by atoms with Crippen LogP contribution in [0.1, 0.15) is 31.2 Å². The SMILES string of the molecule is CCCCc1nc2ccc(Br)cc2c(=O)n1N=Cc1cccc([N+](=O)[O-])c1O. The van der Waals surface area contributed by atoms with Gasteiger partial charge in [-0.3, -0.25) is 14.9 Å². The zero-order valence-electron chi connectivity index (χ0n) is 15.0. The Morgan fingerprint density at radius 2 is 2.14 bits per heavy atom. The molecule has 0 spiro atoms. The molecule has 0 saturated heterocycles. The van der Waals surface area contributed by atoms with Gasteiger partial charge in [-0.1, -0.05) is 35.3 Å². The van der Waals surface area contributed by atoms with E-state index in [1.54, 1.807) is 12.1 Å². The largest absolute Gasteiger partial charge is 0.502 e. The summed E-state index contributed by atoms with van der Waals surface area (Å²) >= 11 is 3.35. The smallest absolute Gasteiger partial charge is 0.311 e. The fraction of sp³-hybridized carbons (Fsp3) is 0.211. The highest BCUT2D eigenvalue weighted by atomic mass is 79.9. The number of para-hydroxylation sites is 1. The third-order valence-corrected chi connectivity index (χ3v) is 4.68. The molecule has 9 heteroatoms. The van der Waals surface area contributed by atoms with Crippen molar-refractivity contribution in [2.75, 3.05) is 0 Å². The average Bonchev–Trinajstić information content (AvgIpc) is 2.67. The van der Waals surface area contributed by atoms with Crippen LogP contribution in [0.4, 0.5) is 5.69 Å². The third-order valence-electron chi connectivity index (χ3n) is 4.18. The van der Waals surface area contributed by atoms with E-state index in [1.807, 2.05) is 13.0 Å². The number of phenols is 1. The number of nitrogens with zero attached hydrogens (tertiary/aromatic N) is 4. The summed E-state index contributed by atoms with van der Waals surface area (Å²) in [4.78, 5) is 27.8. The zero-order valence-corrected chi connectivity index (χ0v) is 16.6. The van der Waals surface area contributed by atoms with Crippen molar-refractivity contribution in [1.82, 2.24) is 9.66 Å². The molecule has 0 aliphatic heterocycles. The summed E-state index contributed by atoms with van der Waals surface area (Å²) in [6.07, 6.45) is 3.52. The Morgan fingerprint density at radius 3 is 2.86 bits per heavy atom. The summed E-state index contributed by atoms with van der Waals surface area (Å²) < 4.78 is 1.93. The van der Waals surface area contributed by atoms with Gasteiger partial charge < -0.3 is 5.11 Å². The van der Waals surface area contributed by atoms with Crippen LogP contribution in [0.25, 0.3) is 10.9 Å². The van der Waals surface area contributed by atoms with Gasteiger partial charge in [0.25, 0.3) is 5.56 Å². The van der Waals surface area contributed by atoms with Gasteiger partial charge in [-0.25, -0.2) is 4.98 Å². The number of fused-ring (bicyclic) bond motifs is 1. The van der Waals surface area contributed by atoms with Crippen LogP contribution >= 0.6 is 15.9 Å². The predicted molar refractivity (Wildman–Crippen MR) is 110 cm³/mol. The molecular formula is C19H17BrN4O4. The van der Waals surface area contributed by atoms with E-state index in [-0.39, 0.29) is 11.1 Å². The van der Waals surface area contributed by atoms with Gasteiger partial charge in [0.2, 0.25) is 5.75 Å². The van der Waals surface area contributed by atoms with Crippen LogP contribution in [0.3, 0.4) is 0 Å². The number of nitro groups is 1. The van der Waals surface area contributed by atoms with Gasteiger partial charge in [-0.2, -0.15) is 9.78 Å². The van der Waals surface area contributed by atoms with Gasteiger partial charge in [0, 0.05) is 22.5 Å². The molecule has 3 aromatic rings. The molecular weight excluding hydrogens is 428 g/mol. The number of rotatable bonds is 6. The first kappa shape index (κ1) is 19.7. The van der Waals surface area contributed by atoms with Gasteiger partial charge in [0.15, 0.2) is 0 Å². The second-order valence-electron chi connectivity index (χ2n) is 6.13. The fourth-order valence-corrected chi connectivity index (χ4v) is 3.09. The zero-order chi connectivity index (χ0) is 20.3. The summed E-state index contributed by atoms with van der Waals surface area (Å²) in [7, 11) is 0. The lowest BCUT2D eigenvalue weighted by molar-refractivity contribution is -0.385. The van der Waals surface area contributed by atoms with Crippen LogP contribution in [0.2, 0.25) is 0 Å². The predicted octanol–water partition coefficient (Wildman–Crippen LogP) is 4.00. The van der Waals surface area contributed by atoms with Gasteiger partial charge in [0.05, 0.1) is 22.0 Å². The highest BCUT2D eigenvalue weighted by molar-refractivity contribution is 9.10. The number of aryl methyl sites for hydroxylation is 1. The molecule has 0 radical (unpaired) electrons. The van der Waals surface area contributed by atoms with Gasteiger partial charge in [-0.05, 0) is 30.7 Å². The van der Waals surface area contributed by atoms with E-state index in [0.29, 0.717) is 23.1 Å². The molecule has 2 aromatic carbocycles. The molecule has 0 amide bonds. The number of benzene rings is 2. The molecule has 0 atom stereocenters. The van der Waals surface area contributed by atoms with E-state index in [4.69, 9.17) is 0 Å². The Morgan fingerprint density at radius 1 is 1.36 bits per heavy atom. The number of nitro benzene ring substituents is 1. The second kappa shape index (κ2) is 8.30. The standard InChI is InChI=1S/C19H17BrN4O4/c1-2-3-7-17-22-15-9-8-13(20)10-14(15)19(26)23(17)21-11-12-5-4-6-16(18(12)25)24(27)28/h4-6,8-11,25H,2-3,7H2,1H3. The van der Waals surface area contributed by atoms with Gasteiger partial charge in [0.1, 0.15) is 5.82 Å². The Labute approximate surface area is 168 Å². The molecule has 8 nitrogen and oxygen atoms in total. The molecule has 1 N–H and O–H groups in total. The third kappa shape index (κ3) is 3.94. The first-order valence-electron chi connectivity index (χ1n) is 8.64. The normalized spacial score (nSPS) is 11.4. The van der Waals surface area contributed by atoms with Crippen LogP contribution in [0, 0.1) is 10.1 Å². The molecule has 1 heterocycles. The van der Waals surface area contributed by atoms with E-state index in [0.717, 1.165) is 17.3 Å². The highest BCUT2D eigenvalue weighted by Gasteiger charge is 2.16. The summed E-state index contributed by atoms with van der Waals surface area (Å²) in [5.74, 6) is -0.0151. The van der Waals surface area contributed by atoms with Crippen LogP contribution in [-0.2, 0) is 6.42 Å². The molecule has 0 unspecified atom stereocenters. The van der Waals surface area contributed by atoms with Crippen LogP contribution < -0.4 is 5.56 Å².